The topological polar surface area (TPSA) is 129 Å². The van der Waals surface area contributed by atoms with E-state index >= 15 is 0 Å². The van der Waals surface area contributed by atoms with Crippen molar-refractivity contribution in [1.82, 2.24) is 9.97 Å². The number of rotatable bonds is 5. The molecule has 8 nitrogen and oxygen atoms in total. The number of carbonyl (C=O) groups excluding carboxylic acids is 1. The minimum Gasteiger partial charge on any atom is -0.478 e. The lowest BCUT2D eigenvalue weighted by Gasteiger charge is -2.01. The van der Waals surface area contributed by atoms with Gasteiger partial charge in [-0.2, -0.15) is 0 Å². The fourth-order valence-electron chi connectivity index (χ4n) is 1.10. The molecule has 0 radical (unpaired) electrons. The van der Waals surface area contributed by atoms with Gasteiger partial charge in [-0.3, -0.25) is 9.78 Å². The van der Waals surface area contributed by atoms with Crippen LogP contribution in [0.1, 0.15) is 5.69 Å². The number of hydrogen-bond donors (Lipinski definition) is 3. The lowest BCUT2D eigenvalue weighted by Crippen LogP contribution is -2.23. The largest absolute Gasteiger partial charge is 0.478 e. The second kappa shape index (κ2) is 6.18. The van der Waals surface area contributed by atoms with E-state index in [0.717, 1.165) is 6.08 Å². The summed E-state index contributed by atoms with van der Waals surface area (Å²) in [5.41, 5.74) is -0.876. The molecular formula is C10H10N2O6. The second-order valence-electron chi connectivity index (χ2n) is 3.20. The molecule has 96 valence electrons. The smallest absolute Gasteiger partial charge is 0.331 e. The highest BCUT2D eigenvalue weighted by Crippen LogP contribution is 1.90. The summed E-state index contributed by atoms with van der Waals surface area (Å²) in [6.45, 7) is -0.0812. The van der Waals surface area contributed by atoms with Gasteiger partial charge in [0.05, 0.1) is 6.61 Å². The summed E-state index contributed by atoms with van der Waals surface area (Å²) in [4.78, 5) is 47.2. The predicted octanol–water partition coefficient (Wildman–Crippen LogP) is -1.21. The SMILES string of the molecule is O=C(O)/C=C/C(=O)OCCc1cc(=O)[nH]c(=O)[nH]1. The van der Waals surface area contributed by atoms with Crippen LogP contribution in [-0.4, -0.2) is 33.6 Å². The number of carboxylic acids is 1. The molecule has 0 unspecified atom stereocenters. The molecule has 1 heterocycles. The maximum absolute atomic E-state index is 11.0. The zero-order valence-electron chi connectivity index (χ0n) is 9.13. The second-order valence-corrected chi connectivity index (χ2v) is 3.20. The summed E-state index contributed by atoms with van der Waals surface area (Å²) < 4.78 is 4.65. The molecule has 1 rings (SSSR count). The summed E-state index contributed by atoms with van der Waals surface area (Å²) in [6.07, 6.45) is 1.56. The molecule has 0 atom stereocenters. The molecular weight excluding hydrogens is 244 g/mol. The number of carbonyl (C=O) groups is 2. The molecule has 0 aliphatic heterocycles. The first-order chi connectivity index (χ1) is 8.47. The van der Waals surface area contributed by atoms with Crippen LogP contribution in [0.4, 0.5) is 0 Å². The Bertz CT molecular complexity index is 554. The fourth-order valence-corrected chi connectivity index (χ4v) is 1.10. The number of ether oxygens (including phenoxy) is 1. The Morgan fingerprint density at radius 3 is 2.61 bits per heavy atom. The molecule has 0 fully saturated rings. The molecule has 0 aliphatic rings. The Morgan fingerprint density at radius 1 is 1.28 bits per heavy atom. The zero-order valence-corrected chi connectivity index (χ0v) is 9.13. The van der Waals surface area contributed by atoms with Crippen LogP contribution >= 0.6 is 0 Å². The molecule has 0 spiro atoms. The monoisotopic (exact) mass is 254 g/mol. The zero-order chi connectivity index (χ0) is 13.5. The van der Waals surface area contributed by atoms with Gasteiger partial charge in [0.15, 0.2) is 0 Å². The summed E-state index contributed by atoms with van der Waals surface area (Å²) in [7, 11) is 0. The third-order valence-electron chi connectivity index (χ3n) is 1.79. The molecule has 1 aromatic rings. The Balaban J connectivity index is 2.47. The molecule has 8 heteroatoms. The first kappa shape index (κ1) is 13.4. The van der Waals surface area contributed by atoms with Gasteiger partial charge in [-0.1, -0.05) is 0 Å². The van der Waals surface area contributed by atoms with Crippen molar-refractivity contribution >= 4 is 11.9 Å². The summed E-state index contributed by atoms with van der Waals surface area (Å²) in [5, 5.41) is 8.25. The van der Waals surface area contributed by atoms with E-state index in [9.17, 15) is 19.2 Å². The van der Waals surface area contributed by atoms with Crippen LogP contribution in [0.25, 0.3) is 0 Å². The Labute approximate surface area is 99.9 Å². The van der Waals surface area contributed by atoms with Gasteiger partial charge < -0.3 is 14.8 Å². The molecule has 0 bridgehead atoms. The van der Waals surface area contributed by atoms with Gasteiger partial charge in [-0.05, 0) is 0 Å². The maximum Gasteiger partial charge on any atom is 0.331 e. The van der Waals surface area contributed by atoms with Crippen molar-refractivity contribution in [3.8, 4) is 0 Å². The number of hydrogen-bond acceptors (Lipinski definition) is 5. The van der Waals surface area contributed by atoms with E-state index in [4.69, 9.17) is 5.11 Å². The molecule has 0 aromatic carbocycles. The van der Waals surface area contributed by atoms with E-state index in [1.807, 2.05) is 4.98 Å². The predicted molar refractivity (Wildman–Crippen MR) is 59.1 cm³/mol. The fraction of sp³-hybridized carbons (Fsp3) is 0.200. The third-order valence-corrected chi connectivity index (χ3v) is 1.79. The van der Waals surface area contributed by atoms with Gasteiger partial charge in [0.1, 0.15) is 0 Å². The van der Waals surface area contributed by atoms with E-state index in [1.54, 1.807) is 0 Å². The third kappa shape index (κ3) is 4.92. The van der Waals surface area contributed by atoms with Gasteiger partial charge in [-0.15, -0.1) is 0 Å². The van der Waals surface area contributed by atoms with Gasteiger partial charge in [0.2, 0.25) is 0 Å². The summed E-state index contributed by atoms with van der Waals surface area (Å²) in [5.74, 6) is -2.07. The summed E-state index contributed by atoms with van der Waals surface area (Å²) in [6, 6.07) is 1.17. The maximum atomic E-state index is 11.0. The first-order valence-electron chi connectivity index (χ1n) is 4.87. The molecule has 0 saturated carbocycles. The van der Waals surface area contributed by atoms with Crippen molar-refractivity contribution in [3.05, 3.63) is 44.8 Å². The number of aromatic nitrogens is 2. The highest BCUT2D eigenvalue weighted by molar-refractivity contribution is 5.90. The Kier molecular flexibility index (Phi) is 4.61. The van der Waals surface area contributed by atoms with Crippen LogP contribution in [0.15, 0.2) is 27.8 Å². The van der Waals surface area contributed by atoms with Gasteiger partial charge in [-0.25, -0.2) is 14.4 Å². The van der Waals surface area contributed by atoms with Crippen LogP contribution in [-0.2, 0) is 20.7 Å². The van der Waals surface area contributed by atoms with Gasteiger partial charge in [0.25, 0.3) is 5.56 Å². The van der Waals surface area contributed by atoms with Crippen LogP contribution in [0, 0.1) is 0 Å². The average Bonchev–Trinajstić information content (AvgIpc) is 2.25. The molecule has 0 amide bonds. The molecule has 0 saturated heterocycles. The normalized spacial score (nSPS) is 10.4. The Hall–Kier alpha value is -2.64. The molecule has 18 heavy (non-hydrogen) atoms. The summed E-state index contributed by atoms with van der Waals surface area (Å²) >= 11 is 0. The van der Waals surface area contributed by atoms with Crippen molar-refractivity contribution in [2.75, 3.05) is 6.61 Å². The van der Waals surface area contributed by atoms with Gasteiger partial charge >= 0.3 is 17.6 Å². The van der Waals surface area contributed by atoms with E-state index in [1.165, 1.54) is 6.07 Å². The molecule has 1 aromatic heterocycles. The van der Waals surface area contributed by atoms with E-state index in [0.29, 0.717) is 11.8 Å². The van der Waals surface area contributed by atoms with E-state index in [2.05, 4.69) is 9.72 Å². The number of aromatic amines is 2. The van der Waals surface area contributed by atoms with Crippen molar-refractivity contribution in [1.29, 1.82) is 0 Å². The lowest BCUT2D eigenvalue weighted by molar-refractivity contribution is -0.138. The van der Waals surface area contributed by atoms with Crippen LogP contribution in [0.5, 0.6) is 0 Å². The number of esters is 1. The lowest BCUT2D eigenvalue weighted by atomic mass is 10.3. The Morgan fingerprint density at radius 2 is 2.00 bits per heavy atom. The first-order valence-corrected chi connectivity index (χ1v) is 4.87. The number of carboxylic acid groups (broad SMARTS) is 1. The standard InChI is InChI=1S/C10H10N2O6/c13-7-5-6(11-10(17)12-7)3-4-18-9(16)2-1-8(14)15/h1-2,5H,3-4H2,(H,14,15)(H2,11,12,13,17)/b2-1+. The van der Waals surface area contributed by atoms with Crippen LogP contribution < -0.4 is 11.2 Å². The highest BCUT2D eigenvalue weighted by atomic mass is 16.5. The van der Waals surface area contributed by atoms with Crippen LogP contribution in [0.3, 0.4) is 0 Å². The van der Waals surface area contributed by atoms with Crippen molar-refractivity contribution in [2.45, 2.75) is 6.42 Å². The highest BCUT2D eigenvalue weighted by Gasteiger charge is 2.01. The number of aliphatic carboxylic acids is 1. The van der Waals surface area contributed by atoms with Crippen LogP contribution in [0.2, 0.25) is 0 Å². The molecule has 0 aliphatic carbocycles. The van der Waals surface area contributed by atoms with Gasteiger partial charge in [0, 0.05) is 30.3 Å². The van der Waals surface area contributed by atoms with E-state index in [-0.39, 0.29) is 13.0 Å². The number of nitrogens with one attached hydrogen (secondary N) is 2. The van der Waals surface area contributed by atoms with Crippen molar-refractivity contribution in [3.63, 3.8) is 0 Å². The van der Waals surface area contributed by atoms with E-state index < -0.39 is 23.2 Å². The van der Waals surface area contributed by atoms with Crippen molar-refractivity contribution < 1.29 is 19.4 Å². The quantitative estimate of drug-likeness (QED) is 0.446. The molecule has 3 N–H and O–H groups in total. The minimum atomic E-state index is -1.26. The number of H-pyrrole nitrogens is 2. The average molecular weight is 254 g/mol. The van der Waals surface area contributed by atoms with Crippen molar-refractivity contribution in [2.24, 2.45) is 0 Å². The minimum absolute atomic E-state index is 0.0812.